The monoisotopic (exact) mass is 179 g/mol. The molecule has 72 valence electrons. The molecular weight excluding hydrogens is 162 g/mol. The summed E-state index contributed by atoms with van der Waals surface area (Å²) in [5.74, 6) is 1.77. The number of rotatable bonds is 1. The molecule has 1 fully saturated rings. The molecule has 1 aliphatic rings. The van der Waals surface area contributed by atoms with Crippen LogP contribution in [0, 0.1) is 13.8 Å². The maximum atomic E-state index is 4.54. The lowest BCUT2D eigenvalue weighted by Crippen LogP contribution is -2.28. The lowest BCUT2D eigenvalue weighted by Gasteiger charge is -2.20. The van der Waals surface area contributed by atoms with E-state index in [1.807, 2.05) is 0 Å². The van der Waals surface area contributed by atoms with Crippen LogP contribution in [0.15, 0.2) is 0 Å². The first-order valence-electron chi connectivity index (χ1n) is 5.01. The third-order valence-corrected chi connectivity index (χ3v) is 2.83. The van der Waals surface area contributed by atoms with E-state index in [0.717, 1.165) is 18.8 Å². The van der Waals surface area contributed by atoms with Crippen molar-refractivity contribution in [2.45, 2.75) is 32.6 Å². The molecule has 0 amide bonds. The molecule has 1 aliphatic heterocycles. The van der Waals surface area contributed by atoms with Gasteiger partial charge in [-0.15, -0.1) is 0 Å². The van der Waals surface area contributed by atoms with Crippen molar-refractivity contribution >= 4 is 0 Å². The number of aryl methyl sites for hydroxylation is 2. The van der Waals surface area contributed by atoms with Crippen LogP contribution in [0.4, 0.5) is 0 Å². The highest BCUT2D eigenvalue weighted by atomic mass is 15.0. The van der Waals surface area contributed by atoms with Gasteiger partial charge < -0.3 is 10.3 Å². The molecule has 1 aromatic rings. The minimum atomic E-state index is 0.598. The average molecular weight is 179 g/mol. The van der Waals surface area contributed by atoms with Gasteiger partial charge in [-0.3, -0.25) is 0 Å². The van der Waals surface area contributed by atoms with Crippen molar-refractivity contribution < 1.29 is 0 Å². The van der Waals surface area contributed by atoms with Gasteiger partial charge in [0.05, 0.1) is 5.69 Å². The summed E-state index contributed by atoms with van der Waals surface area (Å²) in [5, 5.41) is 3.40. The van der Waals surface area contributed by atoms with Crippen LogP contribution in [-0.2, 0) is 0 Å². The number of nitrogens with zero attached hydrogens (tertiary/aromatic N) is 1. The number of nitrogens with one attached hydrogen (secondary N) is 2. The molecule has 13 heavy (non-hydrogen) atoms. The van der Waals surface area contributed by atoms with E-state index in [-0.39, 0.29) is 0 Å². The number of piperidine rings is 1. The largest absolute Gasteiger partial charge is 0.346 e. The Balaban J connectivity index is 2.14. The number of imidazole rings is 1. The Hall–Kier alpha value is -0.830. The molecule has 1 atom stereocenters. The van der Waals surface area contributed by atoms with Crippen LogP contribution in [-0.4, -0.2) is 23.1 Å². The zero-order valence-electron chi connectivity index (χ0n) is 8.35. The summed E-state index contributed by atoms with van der Waals surface area (Å²) >= 11 is 0. The summed E-state index contributed by atoms with van der Waals surface area (Å²) in [6.07, 6.45) is 2.53. The molecular formula is C10H17N3. The van der Waals surface area contributed by atoms with Gasteiger partial charge in [0.15, 0.2) is 0 Å². The molecule has 0 saturated carbocycles. The highest BCUT2D eigenvalue weighted by molar-refractivity contribution is 5.14. The SMILES string of the molecule is Cc1nc(C2CCCNC2)[nH]c1C. The molecule has 0 radical (unpaired) electrons. The maximum absolute atomic E-state index is 4.54. The third kappa shape index (κ3) is 1.75. The van der Waals surface area contributed by atoms with E-state index in [9.17, 15) is 0 Å². The van der Waals surface area contributed by atoms with Crippen molar-refractivity contribution in [2.24, 2.45) is 0 Å². The summed E-state index contributed by atoms with van der Waals surface area (Å²) in [5.41, 5.74) is 2.35. The van der Waals surface area contributed by atoms with E-state index < -0.39 is 0 Å². The minimum Gasteiger partial charge on any atom is -0.346 e. The quantitative estimate of drug-likeness (QED) is 0.685. The Labute approximate surface area is 79.0 Å². The van der Waals surface area contributed by atoms with Gasteiger partial charge in [0.25, 0.3) is 0 Å². The second kappa shape index (κ2) is 3.50. The average Bonchev–Trinajstić information content (AvgIpc) is 2.49. The van der Waals surface area contributed by atoms with Gasteiger partial charge in [0, 0.05) is 18.2 Å². The van der Waals surface area contributed by atoms with Crippen molar-refractivity contribution in [1.29, 1.82) is 0 Å². The summed E-state index contributed by atoms with van der Waals surface area (Å²) in [6, 6.07) is 0. The van der Waals surface area contributed by atoms with Gasteiger partial charge in [-0.2, -0.15) is 0 Å². The molecule has 0 aliphatic carbocycles. The lowest BCUT2D eigenvalue weighted by molar-refractivity contribution is 0.448. The van der Waals surface area contributed by atoms with Crippen LogP contribution < -0.4 is 5.32 Å². The van der Waals surface area contributed by atoms with E-state index in [4.69, 9.17) is 0 Å². The predicted molar refractivity (Wildman–Crippen MR) is 52.9 cm³/mol. The van der Waals surface area contributed by atoms with Crippen molar-refractivity contribution in [3.8, 4) is 0 Å². The maximum Gasteiger partial charge on any atom is 0.110 e. The third-order valence-electron chi connectivity index (χ3n) is 2.83. The topological polar surface area (TPSA) is 40.7 Å². The summed E-state index contributed by atoms with van der Waals surface area (Å²) in [6.45, 7) is 6.38. The van der Waals surface area contributed by atoms with Crippen molar-refractivity contribution in [3.63, 3.8) is 0 Å². The fraction of sp³-hybridized carbons (Fsp3) is 0.700. The van der Waals surface area contributed by atoms with Crippen LogP contribution in [0.2, 0.25) is 0 Å². The number of hydrogen-bond donors (Lipinski definition) is 2. The van der Waals surface area contributed by atoms with Gasteiger partial charge in [-0.05, 0) is 33.2 Å². The van der Waals surface area contributed by atoms with Crippen LogP contribution in [0.5, 0.6) is 0 Å². The smallest absolute Gasteiger partial charge is 0.110 e. The van der Waals surface area contributed by atoms with Crippen LogP contribution in [0.25, 0.3) is 0 Å². The Morgan fingerprint density at radius 3 is 2.77 bits per heavy atom. The van der Waals surface area contributed by atoms with E-state index in [2.05, 4.69) is 29.1 Å². The molecule has 2 N–H and O–H groups in total. The first-order valence-corrected chi connectivity index (χ1v) is 5.01. The molecule has 1 aromatic heterocycles. The number of aromatic amines is 1. The van der Waals surface area contributed by atoms with Gasteiger partial charge in [-0.1, -0.05) is 0 Å². The minimum absolute atomic E-state index is 0.598. The second-order valence-corrected chi connectivity index (χ2v) is 3.88. The summed E-state index contributed by atoms with van der Waals surface area (Å²) in [4.78, 5) is 7.90. The Bertz CT molecular complexity index is 265. The predicted octanol–water partition coefficient (Wildman–Crippen LogP) is 1.49. The van der Waals surface area contributed by atoms with Crippen LogP contribution >= 0.6 is 0 Å². The first-order chi connectivity index (χ1) is 6.27. The molecule has 2 heterocycles. The van der Waals surface area contributed by atoms with Crippen molar-refractivity contribution in [2.75, 3.05) is 13.1 Å². The molecule has 0 aromatic carbocycles. The molecule has 1 unspecified atom stereocenters. The fourth-order valence-electron chi connectivity index (χ4n) is 1.85. The number of hydrogen-bond acceptors (Lipinski definition) is 2. The molecule has 1 saturated heterocycles. The first kappa shape index (κ1) is 8.75. The van der Waals surface area contributed by atoms with Crippen LogP contribution in [0.1, 0.15) is 36.0 Å². The van der Waals surface area contributed by atoms with E-state index in [0.29, 0.717) is 5.92 Å². The molecule has 3 heteroatoms. The van der Waals surface area contributed by atoms with Gasteiger partial charge in [0.1, 0.15) is 5.82 Å². The molecule has 0 spiro atoms. The number of H-pyrrole nitrogens is 1. The lowest BCUT2D eigenvalue weighted by atomic mass is 9.99. The Kier molecular flexibility index (Phi) is 2.36. The van der Waals surface area contributed by atoms with E-state index >= 15 is 0 Å². The zero-order valence-corrected chi connectivity index (χ0v) is 8.35. The molecule has 3 nitrogen and oxygen atoms in total. The standard InChI is InChI=1S/C10H17N3/c1-7-8(2)13-10(12-7)9-4-3-5-11-6-9/h9,11H,3-6H2,1-2H3,(H,12,13). The van der Waals surface area contributed by atoms with Gasteiger partial charge in [0.2, 0.25) is 0 Å². The van der Waals surface area contributed by atoms with E-state index in [1.54, 1.807) is 0 Å². The summed E-state index contributed by atoms with van der Waals surface area (Å²) in [7, 11) is 0. The van der Waals surface area contributed by atoms with Crippen LogP contribution in [0.3, 0.4) is 0 Å². The van der Waals surface area contributed by atoms with Crippen molar-refractivity contribution in [1.82, 2.24) is 15.3 Å². The molecule has 2 rings (SSSR count). The second-order valence-electron chi connectivity index (χ2n) is 3.88. The fourth-order valence-corrected chi connectivity index (χ4v) is 1.85. The Morgan fingerprint density at radius 1 is 1.38 bits per heavy atom. The highest BCUT2D eigenvalue weighted by Gasteiger charge is 2.18. The number of aromatic nitrogens is 2. The van der Waals surface area contributed by atoms with Gasteiger partial charge >= 0.3 is 0 Å². The van der Waals surface area contributed by atoms with Gasteiger partial charge in [-0.25, -0.2) is 4.98 Å². The van der Waals surface area contributed by atoms with E-state index in [1.165, 1.54) is 24.4 Å². The zero-order chi connectivity index (χ0) is 9.26. The highest BCUT2D eigenvalue weighted by Crippen LogP contribution is 2.21. The molecule has 0 bridgehead atoms. The normalized spacial score (nSPS) is 23.4. The summed E-state index contributed by atoms with van der Waals surface area (Å²) < 4.78 is 0. The van der Waals surface area contributed by atoms with Crippen molar-refractivity contribution in [3.05, 3.63) is 17.2 Å². The Morgan fingerprint density at radius 2 is 2.23 bits per heavy atom.